The van der Waals surface area contributed by atoms with Gasteiger partial charge in [0.05, 0.1) is 12.1 Å². The molecule has 2 atom stereocenters. The zero-order chi connectivity index (χ0) is 16.6. The lowest BCUT2D eigenvalue weighted by Gasteiger charge is -2.25. The van der Waals surface area contributed by atoms with Gasteiger partial charge in [0.1, 0.15) is 10.7 Å². The minimum absolute atomic E-state index is 0.166. The van der Waals surface area contributed by atoms with Crippen molar-refractivity contribution >= 4 is 28.8 Å². The molecule has 0 bridgehead atoms. The molecule has 3 rings (SSSR count). The van der Waals surface area contributed by atoms with Crippen LogP contribution in [0.15, 0.2) is 29.6 Å². The van der Waals surface area contributed by atoms with E-state index in [1.807, 2.05) is 24.1 Å². The Bertz CT molecular complexity index is 704. The van der Waals surface area contributed by atoms with E-state index >= 15 is 0 Å². The second kappa shape index (κ2) is 6.57. The number of amides is 1. The Balaban J connectivity index is 1.77. The van der Waals surface area contributed by atoms with Crippen molar-refractivity contribution in [3.63, 3.8) is 0 Å². The third-order valence-electron chi connectivity index (χ3n) is 4.07. The van der Waals surface area contributed by atoms with Crippen LogP contribution in [-0.4, -0.2) is 65.1 Å². The zero-order valence-corrected chi connectivity index (χ0v) is 14.5. The van der Waals surface area contributed by atoms with Crippen LogP contribution in [0.4, 0.5) is 0 Å². The van der Waals surface area contributed by atoms with Crippen LogP contribution >= 0.6 is 22.9 Å². The van der Waals surface area contributed by atoms with E-state index in [0.717, 1.165) is 10.6 Å². The number of rotatable bonds is 3. The molecule has 1 amide bonds. The Kier molecular flexibility index (Phi) is 4.68. The van der Waals surface area contributed by atoms with Crippen LogP contribution in [0.25, 0.3) is 10.6 Å². The van der Waals surface area contributed by atoms with Crippen LogP contribution in [0.1, 0.15) is 10.5 Å². The summed E-state index contributed by atoms with van der Waals surface area (Å²) in [5, 5.41) is 13.3. The first-order valence-electron chi connectivity index (χ1n) is 7.31. The normalized spacial score (nSPS) is 21.6. The smallest absolute Gasteiger partial charge is 0.273 e. The van der Waals surface area contributed by atoms with Gasteiger partial charge in [-0.25, -0.2) is 4.98 Å². The summed E-state index contributed by atoms with van der Waals surface area (Å²) in [6.07, 6.45) is -0.525. The first-order chi connectivity index (χ1) is 11.0. The first-order valence-corrected chi connectivity index (χ1v) is 8.56. The maximum absolute atomic E-state index is 12.6. The van der Waals surface area contributed by atoms with E-state index in [-0.39, 0.29) is 11.9 Å². The topological polar surface area (TPSA) is 56.7 Å². The van der Waals surface area contributed by atoms with Crippen molar-refractivity contribution in [2.24, 2.45) is 0 Å². The third kappa shape index (κ3) is 3.40. The molecule has 1 saturated heterocycles. The molecule has 0 aliphatic carbocycles. The van der Waals surface area contributed by atoms with Gasteiger partial charge in [-0.05, 0) is 19.2 Å². The maximum atomic E-state index is 12.6. The molecule has 0 unspecified atom stereocenters. The van der Waals surface area contributed by atoms with Gasteiger partial charge in [-0.15, -0.1) is 11.3 Å². The van der Waals surface area contributed by atoms with Gasteiger partial charge in [-0.3, -0.25) is 4.79 Å². The fraction of sp³-hybridized carbons (Fsp3) is 0.375. The quantitative estimate of drug-likeness (QED) is 0.921. The number of carbonyl (C=O) groups is 1. The number of halogens is 1. The van der Waals surface area contributed by atoms with Crippen LogP contribution in [-0.2, 0) is 0 Å². The highest BCUT2D eigenvalue weighted by atomic mass is 35.5. The number of hydrogen-bond donors (Lipinski definition) is 1. The molecule has 1 aliphatic heterocycles. The molecule has 1 aromatic heterocycles. The number of aliphatic hydroxyl groups is 1. The summed E-state index contributed by atoms with van der Waals surface area (Å²) in [5.74, 6) is -0.166. The molecule has 5 nitrogen and oxygen atoms in total. The maximum Gasteiger partial charge on any atom is 0.273 e. The summed E-state index contributed by atoms with van der Waals surface area (Å²) in [6.45, 7) is 1.24. The number of likely N-dealkylation sites (tertiary alicyclic amines) is 1. The third-order valence-corrected chi connectivity index (χ3v) is 5.22. The van der Waals surface area contributed by atoms with Gasteiger partial charge >= 0.3 is 0 Å². The lowest BCUT2D eigenvalue weighted by Crippen LogP contribution is -2.44. The van der Waals surface area contributed by atoms with Crippen LogP contribution in [0, 0.1) is 0 Å². The number of carbonyl (C=O) groups excluding carboxylic acids is 1. The number of β-amino-alcohol motifs (C(OH)–C–C–N with tert-alkyl or cyclic N) is 1. The number of likely N-dealkylation sites (N-methyl/N-ethyl adjacent to an activating group) is 2. The van der Waals surface area contributed by atoms with Gasteiger partial charge in [0.15, 0.2) is 0 Å². The average molecular weight is 352 g/mol. The van der Waals surface area contributed by atoms with Crippen molar-refractivity contribution in [2.75, 3.05) is 27.2 Å². The summed E-state index contributed by atoms with van der Waals surface area (Å²) < 4.78 is 0. The molecule has 23 heavy (non-hydrogen) atoms. The van der Waals surface area contributed by atoms with Crippen LogP contribution in [0.2, 0.25) is 5.02 Å². The predicted octanol–water partition coefficient (Wildman–Crippen LogP) is 2.21. The molecule has 1 N–H and O–H groups in total. The van der Waals surface area contributed by atoms with E-state index in [1.165, 1.54) is 11.3 Å². The van der Waals surface area contributed by atoms with E-state index in [2.05, 4.69) is 4.98 Å². The number of aliphatic hydroxyl groups excluding tert-OH is 1. The summed E-state index contributed by atoms with van der Waals surface area (Å²) in [6, 6.07) is 7.17. The van der Waals surface area contributed by atoms with Gasteiger partial charge in [0, 0.05) is 36.1 Å². The van der Waals surface area contributed by atoms with Crippen LogP contribution in [0.5, 0.6) is 0 Å². The Morgan fingerprint density at radius 2 is 2.09 bits per heavy atom. The average Bonchev–Trinajstić information content (AvgIpc) is 3.13. The number of aromatic nitrogens is 1. The summed E-state index contributed by atoms with van der Waals surface area (Å²) in [4.78, 5) is 20.6. The Morgan fingerprint density at radius 3 is 2.70 bits per heavy atom. The van der Waals surface area contributed by atoms with Crippen molar-refractivity contribution in [3.8, 4) is 10.6 Å². The van der Waals surface area contributed by atoms with Crippen molar-refractivity contribution in [2.45, 2.75) is 12.1 Å². The number of nitrogens with zero attached hydrogens (tertiary/aromatic N) is 3. The van der Waals surface area contributed by atoms with Gasteiger partial charge < -0.3 is 14.9 Å². The fourth-order valence-electron chi connectivity index (χ4n) is 2.77. The van der Waals surface area contributed by atoms with Crippen LogP contribution < -0.4 is 0 Å². The highest BCUT2D eigenvalue weighted by Gasteiger charge is 2.35. The van der Waals surface area contributed by atoms with E-state index < -0.39 is 6.10 Å². The van der Waals surface area contributed by atoms with Gasteiger partial charge in [0.2, 0.25) is 0 Å². The standard InChI is InChI=1S/C16H18ClN3O2S/c1-19-7-13(14(21)8-19)20(2)16(22)12-9-23-15(18-12)10-3-5-11(17)6-4-10/h3-6,9,13-14,21H,7-8H2,1-2H3/t13-,14-/m1/s1. The van der Waals surface area contributed by atoms with Crippen molar-refractivity contribution in [3.05, 3.63) is 40.4 Å². The molecule has 122 valence electrons. The second-order valence-corrected chi connectivity index (χ2v) is 7.11. The first kappa shape index (κ1) is 16.4. The lowest BCUT2D eigenvalue weighted by molar-refractivity contribution is 0.0576. The van der Waals surface area contributed by atoms with Crippen LogP contribution in [0.3, 0.4) is 0 Å². The van der Waals surface area contributed by atoms with Gasteiger partial charge in [-0.2, -0.15) is 0 Å². The molecule has 0 radical (unpaired) electrons. The fourth-order valence-corrected chi connectivity index (χ4v) is 3.69. The summed E-state index contributed by atoms with van der Waals surface area (Å²) in [7, 11) is 3.65. The predicted molar refractivity (Wildman–Crippen MR) is 91.9 cm³/mol. The number of hydrogen-bond acceptors (Lipinski definition) is 5. The molecular formula is C16H18ClN3O2S. The lowest BCUT2D eigenvalue weighted by atomic mass is 10.2. The Morgan fingerprint density at radius 1 is 1.39 bits per heavy atom. The molecule has 2 heterocycles. The Labute approximate surface area is 144 Å². The Hall–Kier alpha value is -1.47. The molecule has 7 heteroatoms. The minimum Gasteiger partial charge on any atom is -0.390 e. The molecule has 2 aromatic rings. The monoisotopic (exact) mass is 351 g/mol. The minimum atomic E-state index is -0.525. The molecule has 0 saturated carbocycles. The van der Waals surface area contributed by atoms with Gasteiger partial charge in [-0.1, -0.05) is 23.7 Å². The SMILES string of the molecule is CN1C[C@@H](O)[C@H](N(C)C(=O)c2csc(-c3ccc(Cl)cc3)n2)C1. The largest absolute Gasteiger partial charge is 0.390 e. The summed E-state index contributed by atoms with van der Waals surface area (Å²) in [5.41, 5.74) is 1.34. The van der Waals surface area contributed by atoms with E-state index in [0.29, 0.717) is 23.8 Å². The van der Waals surface area contributed by atoms with E-state index in [1.54, 1.807) is 29.5 Å². The highest BCUT2D eigenvalue weighted by Crippen LogP contribution is 2.26. The molecule has 1 fully saturated rings. The van der Waals surface area contributed by atoms with E-state index in [9.17, 15) is 9.90 Å². The summed E-state index contributed by atoms with van der Waals surface area (Å²) >= 11 is 7.31. The van der Waals surface area contributed by atoms with Crippen molar-refractivity contribution in [1.29, 1.82) is 0 Å². The molecular weight excluding hydrogens is 334 g/mol. The molecule has 0 spiro atoms. The van der Waals surface area contributed by atoms with Gasteiger partial charge in [0.25, 0.3) is 5.91 Å². The van der Waals surface area contributed by atoms with Crippen molar-refractivity contribution < 1.29 is 9.90 Å². The van der Waals surface area contributed by atoms with E-state index in [4.69, 9.17) is 11.6 Å². The van der Waals surface area contributed by atoms with Crippen molar-refractivity contribution in [1.82, 2.24) is 14.8 Å². The molecule has 1 aliphatic rings. The molecule has 1 aromatic carbocycles. The highest BCUT2D eigenvalue weighted by molar-refractivity contribution is 7.13. The number of benzene rings is 1. The number of thiazole rings is 1. The zero-order valence-electron chi connectivity index (χ0n) is 12.9. The second-order valence-electron chi connectivity index (χ2n) is 5.82.